The molecule has 4 nitrogen and oxygen atoms in total. The Morgan fingerprint density at radius 1 is 1.35 bits per heavy atom. The fourth-order valence-electron chi connectivity index (χ4n) is 2.85. The van der Waals surface area contributed by atoms with Crippen molar-refractivity contribution in [3.63, 3.8) is 0 Å². The van der Waals surface area contributed by atoms with Gasteiger partial charge in [0, 0.05) is 6.42 Å². The van der Waals surface area contributed by atoms with Gasteiger partial charge in [0.1, 0.15) is 17.5 Å². The summed E-state index contributed by atoms with van der Waals surface area (Å²) in [4.78, 5) is 0. The number of nitriles is 1. The second-order valence-electron chi connectivity index (χ2n) is 5.55. The van der Waals surface area contributed by atoms with Crippen LogP contribution in [-0.2, 0) is 6.42 Å². The van der Waals surface area contributed by atoms with E-state index in [0.29, 0.717) is 0 Å². The minimum absolute atomic E-state index is 0.120. The number of aryl methyl sites for hydroxylation is 1. The number of nitrogens with zero attached hydrogens (tertiary/aromatic N) is 3. The Morgan fingerprint density at radius 3 is 2.61 bits per heavy atom. The molecule has 7 heteroatoms. The third-order valence-corrected chi connectivity index (χ3v) is 4.15. The van der Waals surface area contributed by atoms with Crippen molar-refractivity contribution >= 4 is 5.82 Å². The number of hydrogen-bond acceptors (Lipinski definition) is 3. The largest absolute Gasteiger partial charge is 0.410 e. The molecular formula is C16H15F3N4. The molecule has 3 rings (SSSR count). The van der Waals surface area contributed by atoms with Crippen molar-refractivity contribution < 1.29 is 13.2 Å². The van der Waals surface area contributed by atoms with Crippen LogP contribution in [0.2, 0.25) is 0 Å². The Bertz CT molecular complexity index is 740. The number of benzene rings is 1. The van der Waals surface area contributed by atoms with Gasteiger partial charge >= 0.3 is 6.18 Å². The van der Waals surface area contributed by atoms with Crippen molar-refractivity contribution in [1.29, 1.82) is 5.26 Å². The van der Waals surface area contributed by atoms with E-state index in [9.17, 15) is 13.2 Å². The summed E-state index contributed by atoms with van der Waals surface area (Å²) in [5.74, 6) is 0.130. The Kier molecular flexibility index (Phi) is 3.76. The molecule has 0 aliphatic carbocycles. The zero-order valence-corrected chi connectivity index (χ0v) is 12.4. The maximum atomic E-state index is 13.4. The van der Waals surface area contributed by atoms with Crippen molar-refractivity contribution in [3.8, 4) is 6.07 Å². The van der Waals surface area contributed by atoms with E-state index in [1.165, 1.54) is 6.20 Å². The monoisotopic (exact) mass is 320 g/mol. The first-order valence-corrected chi connectivity index (χ1v) is 7.33. The molecule has 0 unspecified atom stereocenters. The quantitative estimate of drug-likeness (QED) is 0.910. The molecule has 0 spiro atoms. The van der Waals surface area contributed by atoms with Gasteiger partial charge in [-0.1, -0.05) is 31.2 Å². The van der Waals surface area contributed by atoms with Crippen molar-refractivity contribution in [3.05, 3.63) is 47.2 Å². The fourth-order valence-corrected chi connectivity index (χ4v) is 2.85. The highest BCUT2D eigenvalue weighted by Gasteiger charge is 2.46. The molecule has 1 N–H and O–H groups in total. The zero-order chi connectivity index (χ0) is 16.6. The third kappa shape index (κ3) is 2.77. The second kappa shape index (κ2) is 5.61. The van der Waals surface area contributed by atoms with Crippen LogP contribution in [0.4, 0.5) is 19.0 Å². The number of alkyl halides is 3. The first-order valence-electron chi connectivity index (χ1n) is 7.33. The van der Waals surface area contributed by atoms with Crippen LogP contribution in [0.5, 0.6) is 0 Å². The topological polar surface area (TPSA) is 53.6 Å². The molecule has 2 aromatic rings. The Morgan fingerprint density at radius 2 is 2.04 bits per heavy atom. The first kappa shape index (κ1) is 15.4. The van der Waals surface area contributed by atoms with E-state index in [2.05, 4.69) is 10.4 Å². The molecule has 2 heterocycles. The predicted octanol–water partition coefficient (Wildman–Crippen LogP) is 3.98. The number of fused-ring (bicyclic) bond motifs is 1. The lowest BCUT2D eigenvalue weighted by molar-refractivity contribution is -0.173. The number of anilines is 1. The van der Waals surface area contributed by atoms with Crippen molar-refractivity contribution in [2.45, 2.75) is 38.0 Å². The van der Waals surface area contributed by atoms with Crippen LogP contribution in [0.15, 0.2) is 30.5 Å². The van der Waals surface area contributed by atoms with Gasteiger partial charge in [-0.25, -0.2) is 4.68 Å². The average molecular weight is 320 g/mol. The zero-order valence-electron chi connectivity index (χ0n) is 12.4. The van der Waals surface area contributed by atoms with Gasteiger partial charge in [-0.2, -0.15) is 23.5 Å². The van der Waals surface area contributed by atoms with Crippen molar-refractivity contribution in [2.75, 3.05) is 5.32 Å². The molecule has 120 valence electrons. The number of hydrogen-bond donors (Lipinski definition) is 1. The number of aromatic nitrogens is 2. The van der Waals surface area contributed by atoms with Crippen LogP contribution in [0.1, 0.15) is 42.1 Å². The molecule has 23 heavy (non-hydrogen) atoms. The van der Waals surface area contributed by atoms with E-state index in [0.717, 1.165) is 22.2 Å². The summed E-state index contributed by atoms with van der Waals surface area (Å²) >= 11 is 0. The molecule has 1 aromatic carbocycles. The van der Waals surface area contributed by atoms with Crippen LogP contribution in [0, 0.1) is 11.3 Å². The molecule has 1 aromatic heterocycles. The number of nitrogens with one attached hydrogen (secondary N) is 1. The lowest BCUT2D eigenvalue weighted by Gasteiger charge is -2.33. The van der Waals surface area contributed by atoms with E-state index < -0.39 is 18.3 Å². The molecule has 1 aliphatic heterocycles. The van der Waals surface area contributed by atoms with Gasteiger partial charge in [0.15, 0.2) is 6.04 Å². The highest BCUT2D eigenvalue weighted by atomic mass is 19.4. The Hall–Kier alpha value is -2.49. The molecule has 1 aliphatic rings. The SMILES string of the molecule is CCc1ccc([C@@H]2C[C@@H](C(F)(F)F)n3ncc(C#N)c3N2)cc1. The molecule has 0 saturated carbocycles. The van der Waals surface area contributed by atoms with Crippen LogP contribution in [0.3, 0.4) is 0 Å². The van der Waals surface area contributed by atoms with Crippen molar-refractivity contribution in [1.82, 2.24) is 9.78 Å². The molecule has 0 radical (unpaired) electrons. The van der Waals surface area contributed by atoms with Crippen LogP contribution in [0.25, 0.3) is 0 Å². The summed E-state index contributed by atoms with van der Waals surface area (Å²) < 4.78 is 41.0. The van der Waals surface area contributed by atoms with Gasteiger partial charge in [0.25, 0.3) is 0 Å². The lowest BCUT2D eigenvalue weighted by Crippen LogP contribution is -2.35. The first-order chi connectivity index (χ1) is 10.9. The van der Waals surface area contributed by atoms with Gasteiger partial charge in [0.2, 0.25) is 0 Å². The summed E-state index contributed by atoms with van der Waals surface area (Å²) in [6.45, 7) is 2.02. The smallest absolute Gasteiger partial charge is 0.362 e. The van der Waals surface area contributed by atoms with Crippen LogP contribution < -0.4 is 5.32 Å². The summed E-state index contributed by atoms with van der Waals surface area (Å²) in [6.07, 6.45) is -2.54. The molecular weight excluding hydrogens is 305 g/mol. The molecule has 2 atom stereocenters. The van der Waals surface area contributed by atoms with E-state index in [1.807, 2.05) is 37.3 Å². The van der Waals surface area contributed by atoms with Crippen LogP contribution >= 0.6 is 0 Å². The number of rotatable bonds is 2. The van der Waals surface area contributed by atoms with Gasteiger partial charge in [-0.3, -0.25) is 0 Å². The summed E-state index contributed by atoms with van der Waals surface area (Å²) in [5, 5.41) is 15.8. The van der Waals surface area contributed by atoms with E-state index >= 15 is 0 Å². The molecule has 0 fully saturated rings. The van der Waals surface area contributed by atoms with Crippen molar-refractivity contribution in [2.24, 2.45) is 0 Å². The van der Waals surface area contributed by atoms with Gasteiger partial charge in [-0.05, 0) is 17.5 Å². The molecule has 0 bridgehead atoms. The Labute approximate surface area is 131 Å². The van der Waals surface area contributed by atoms with Gasteiger partial charge in [-0.15, -0.1) is 0 Å². The van der Waals surface area contributed by atoms with Crippen LogP contribution in [-0.4, -0.2) is 16.0 Å². The fraction of sp³-hybridized carbons (Fsp3) is 0.375. The standard InChI is InChI=1S/C16H15F3N4/c1-2-10-3-5-11(6-4-10)13-7-14(16(17,18)19)23-15(22-13)12(8-20)9-21-23/h3-6,9,13-14,22H,2,7H2,1H3/t13-,14-/m0/s1. The predicted molar refractivity (Wildman–Crippen MR) is 78.8 cm³/mol. The van der Waals surface area contributed by atoms with Gasteiger partial charge in [0.05, 0.1) is 12.2 Å². The van der Waals surface area contributed by atoms with E-state index in [4.69, 9.17) is 5.26 Å². The molecule has 0 amide bonds. The average Bonchev–Trinajstić information content (AvgIpc) is 2.96. The normalized spacial score (nSPS) is 20.5. The molecule has 0 saturated heterocycles. The highest BCUT2D eigenvalue weighted by Crippen LogP contribution is 2.44. The summed E-state index contributed by atoms with van der Waals surface area (Å²) in [5.41, 5.74) is 2.02. The van der Waals surface area contributed by atoms with E-state index in [-0.39, 0.29) is 17.8 Å². The highest BCUT2D eigenvalue weighted by molar-refractivity contribution is 5.54. The minimum atomic E-state index is -4.42. The maximum Gasteiger partial charge on any atom is 0.410 e. The second-order valence-corrected chi connectivity index (χ2v) is 5.55. The summed E-state index contributed by atoms with van der Waals surface area (Å²) in [7, 11) is 0. The Balaban J connectivity index is 2.00. The van der Waals surface area contributed by atoms with E-state index in [1.54, 1.807) is 0 Å². The van der Waals surface area contributed by atoms with Gasteiger partial charge < -0.3 is 5.32 Å². The summed E-state index contributed by atoms with van der Waals surface area (Å²) in [6, 6.07) is 7.13. The maximum absolute atomic E-state index is 13.4. The lowest BCUT2D eigenvalue weighted by atomic mass is 9.95. The minimum Gasteiger partial charge on any atom is -0.362 e. The number of halogens is 3. The third-order valence-electron chi connectivity index (χ3n) is 4.15.